The average molecular weight is 320 g/mol. The SMILES string of the molecule is C=C(C)CCC(O)c1ccc(F)cc1I. The van der Waals surface area contributed by atoms with E-state index >= 15 is 0 Å². The largest absolute Gasteiger partial charge is 0.388 e. The van der Waals surface area contributed by atoms with Gasteiger partial charge in [0.15, 0.2) is 0 Å². The summed E-state index contributed by atoms with van der Waals surface area (Å²) < 4.78 is 13.6. The van der Waals surface area contributed by atoms with Crippen LogP contribution in [0.4, 0.5) is 4.39 Å². The molecule has 3 heteroatoms. The molecule has 1 nitrogen and oxygen atoms in total. The fourth-order valence-corrected chi connectivity index (χ4v) is 2.15. The molecule has 0 bridgehead atoms. The van der Waals surface area contributed by atoms with E-state index in [1.807, 2.05) is 29.5 Å². The molecule has 1 aromatic rings. The minimum absolute atomic E-state index is 0.268. The summed E-state index contributed by atoms with van der Waals surface area (Å²) >= 11 is 2.04. The van der Waals surface area contributed by atoms with Crippen LogP contribution in [0.15, 0.2) is 30.4 Å². The summed E-state index contributed by atoms with van der Waals surface area (Å²) in [6.45, 7) is 5.72. The van der Waals surface area contributed by atoms with Gasteiger partial charge in [-0.1, -0.05) is 11.6 Å². The van der Waals surface area contributed by atoms with Gasteiger partial charge in [0.2, 0.25) is 0 Å². The van der Waals surface area contributed by atoms with Crippen molar-refractivity contribution in [1.82, 2.24) is 0 Å². The molecule has 1 atom stereocenters. The highest BCUT2D eigenvalue weighted by molar-refractivity contribution is 14.1. The standard InChI is InChI=1S/C12H14FIO/c1-8(2)3-6-12(15)10-5-4-9(13)7-11(10)14/h4-5,7,12,15H,1,3,6H2,2H3. The van der Waals surface area contributed by atoms with Crippen molar-refractivity contribution in [1.29, 1.82) is 0 Å². The fourth-order valence-electron chi connectivity index (χ4n) is 1.31. The molecule has 1 aromatic carbocycles. The molecule has 0 saturated heterocycles. The molecule has 82 valence electrons. The first kappa shape index (κ1) is 12.6. The Labute approximate surface area is 103 Å². The van der Waals surface area contributed by atoms with Crippen LogP contribution in [0.5, 0.6) is 0 Å². The van der Waals surface area contributed by atoms with Gasteiger partial charge in [0, 0.05) is 3.57 Å². The minimum Gasteiger partial charge on any atom is -0.388 e. The Morgan fingerprint density at radius 2 is 2.27 bits per heavy atom. The zero-order valence-electron chi connectivity index (χ0n) is 8.63. The molecular formula is C12H14FIO. The van der Waals surface area contributed by atoms with Gasteiger partial charge in [-0.25, -0.2) is 4.39 Å². The first-order chi connectivity index (χ1) is 7.00. The van der Waals surface area contributed by atoms with E-state index in [4.69, 9.17) is 0 Å². The van der Waals surface area contributed by atoms with Gasteiger partial charge in [0.1, 0.15) is 5.82 Å². The summed E-state index contributed by atoms with van der Waals surface area (Å²) in [7, 11) is 0. The van der Waals surface area contributed by atoms with Crippen molar-refractivity contribution in [3.05, 3.63) is 45.3 Å². The maximum Gasteiger partial charge on any atom is 0.124 e. The van der Waals surface area contributed by atoms with E-state index in [0.29, 0.717) is 6.42 Å². The Balaban J connectivity index is 2.73. The lowest BCUT2D eigenvalue weighted by Gasteiger charge is -2.12. The predicted molar refractivity (Wildman–Crippen MR) is 68.1 cm³/mol. The molecule has 0 spiro atoms. The summed E-state index contributed by atoms with van der Waals surface area (Å²) in [5, 5.41) is 9.87. The van der Waals surface area contributed by atoms with Crippen molar-refractivity contribution >= 4 is 22.6 Å². The van der Waals surface area contributed by atoms with Crippen molar-refractivity contribution < 1.29 is 9.50 Å². The third-order valence-electron chi connectivity index (χ3n) is 2.17. The van der Waals surface area contributed by atoms with Crippen LogP contribution in [0.1, 0.15) is 31.4 Å². The highest BCUT2D eigenvalue weighted by atomic mass is 127. The van der Waals surface area contributed by atoms with Gasteiger partial charge in [-0.15, -0.1) is 6.58 Å². The molecule has 0 heterocycles. The van der Waals surface area contributed by atoms with Crippen molar-refractivity contribution in [2.24, 2.45) is 0 Å². The minimum atomic E-state index is -0.533. The Hall–Kier alpha value is -0.420. The third-order valence-corrected chi connectivity index (χ3v) is 3.10. The Morgan fingerprint density at radius 3 is 2.80 bits per heavy atom. The van der Waals surface area contributed by atoms with Gasteiger partial charge < -0.3 is 5.11 Å². The van der Waals surface area contributed by atoms with Gasteiger partial charge in [-0.3, -0.25) is 0 Å². The number of hydrogen-bond acceptors (Lipinski definition) is 1. The molecule has 0 aliphatic rings. The number of allylic oxidation sites excluding steroid dienone is 1. The second-order valence-corrected chi connectivity index (χ2v) is 4.84. The molecular weight excluding hydrogens is 306 g/mol. The summed E-state index contributed by atoms with van der Waals surface area (Å²) in [6, 6.07) is 4.45. The molecule has 1 rings (SSSR count). The van der Waals surface area contributed by atoms with E-state index in [2.05, 4.69) is 6.58 Å². The first-order valence-electron chi connectivity index (χ1n) is 4.78. The number of aliphatic hydroxyl groups excluding tert-OH is 1. The van der Waals surface area contributed by atoms with Crippen LogP contribution in [0.2, 0.25) is 0 Å². The average Bonchev–Trinajstić information content (AvgIpc) is 2.14. The van der Waals surface area contributed by atoms with Gasteiger partial charge in [-0.2, -0.15) is 0 Å². The van der Waals surface area contributed by atoms with Crippen LogP contribution in [0, 0.1) is 9.39 Å². The maximum absolute atomic E-state index is 12.8. The van der Waals surface area contributed by atoms with Crippen LogP contribution in [0.3, 0.4) is 0 Å². The normalized spacial score (nSPS) is 12.5. The highest BCUT2D eigenvalue weighted by Gasteiger charge is 2.11. The first-order valence-corrected chi connectivity index (χ1v) is 5.86. The second-order valence-electron chi connectivity index (χ2n) is 3.68. The molecule has 0 radical (unpaired) electrons. The van der Waals surface area contributed by atoms with E-state index in [1.165, 1.54) is 12.1 Å². The number of aliphatic hydroxyl groups is 1. The van der Waals surface area contributed by atoms with Crippen LogP contribution in [-0.4, -0.2) is 5.11 Å². The van der Waals surface area contributed by atoms with Crippen LogP contribution in [0.25, 0.3) is 0 Å². The molecule has 0 amide bonds. The third kappa shape index (κ3) is 3.91. The topological polar surface area (TPSA) is 20.2 Å². The lowest BCUT2D eigenvalue weighted by atomic mass is 10.0. The fraction of sp³-hybridized carbons (Fsp3) is 0.333. The zero-order valence-corrected chi connectivity index (χ0v) is 10.8. The van der Waals surface area contributed by atoms with E-state index < -0.39 is 6.10 Å². The highest BCUT2D eigenvalue weighted by Crippen LogP contribution is 2.25. The zero-order chi connectivity index (χ0) is 11.4. The summed E-state index contributed by atoms with van der Waals surface area (Å²) in [4.78, 5) is 0. The van der Waals surface area contributed by atoms with Crippen molar-refractivity contribution in [3.8, 4) is 0 Å². The van der Waals surface area contributed by atoms with E-state index in [1.54, 1.807) is 6.07 Å². The molecule has 0 aliphatic heterocycles. The Bertz CT molecular complexity index is 363. The molecule has 0 fully saturated rings. The van der Waals surface area contributed by atoms with Crippen molar-refractivity contribution in [3.63, 3.8) is 0 Å². The van der Waals surface area contributed by atoms with Crippen LogP contribution >= 0.6 is 22.6 Å². The lowest BCUT2D eigenvalue weighted by molar-refractivity contribution is 0.167. The molecule has 15 heavy (non-hydrogen) atoms. The van der Waals surface area contributed by atoms with E-state index in [-0.39, 0.29) is 5.82 Å². The predicted octanol–water partition coefficient (Wildman–Crippen LogP) is 3.82. The van der Waals surface area contributed by atoms with E-state index in [9.17, 15) is 9.50 Å². The van der Waals surface area contributed by atoms with Crippen molar-refractivity contribution in [2.45, 2.75) is 25.9 Å². The molecule has 0 aliphatic carbocycles. The summed E-state index contributed by atoms with van der Waals surface area (Å²) in [5.74, 6) is -0.268. The second kappa shape index (κ2) is 5.61. The van der Waals surface area contributed by atoms with Crippen LogP contribution in [-0.2, 0) is 0 Å². The monoisotopic (exact) mass is 320 g/mol. The smallest absolute Gasteiger partial charge is 0.124 e. The lowest BCUT2D eigenvalue weighted by Crippen LogP contribution is -2.00. The van der Waals surface area contributed by atoms with Crippen molar-refractivity contribution in [2.75, 3.05) is 0 Å². The van der Waals surface area contributed by atoms with Gasteiger partial charge >= 0.3 is 0 Å². The molecule has 0 saturated carbocycles. The Kier molecular flexibility index (Phi) is 4.73. The Morgan fingerprint density at radius 1 is 1.60 bits per heavy atom. The van der Waals surface area contributed by atoms with Crippen LogP contribution < -0.4 is 0 Å². The van der Waals surface area contributed by atoms with E-state index in [0.717, 1.165) is 21.1 Å². The van der Waals surface area contributed by atoms with Gasteiger partial charge in [-0.05, 0) is 60.1 Å². The quantitative estimate of drug-likeness (QED) is 0.660. The molecule has 0 aromatic heterocycles. The number of rotatable bonds is 4. The number of benzene rings is 1. The summed E-state index contributed by atoms with van der Waals surface area (Å²) in [5.41, 5.74) is 1.84. The van der Waals surface area contributed by atoms with Gasteiger partial charge in [0.05, 0.1) is 6.10 Å². The maximum atomic E-state index is 12.8. The number of halogens is 2. The number of hydrogen-bond donors (Lipinski definition) is 1. The summed E-state index contributed by atoms with van der Waals surface area (Å²) in [6.07, 6.45) is 0.889. The molecule has 1 unspecified atom stereocenters. The molecule has 1 N–H and O–H groups in total. The van der Waals surface area contributed by atoms with Gasteiger partial charge in [0.25, 0.3) is 0 Å².